The maximum atomic E-state index is 12.1. The third kappa shape index (κ3) is 4.55. The van der Waals surface area contributed by atoms with Crippen molar-refractivity contribution in [1.29, 1.82) is 0 Å². The first-order valence-electron chi connectivity index (χ1n) is 3.48. The molecule has 0 aliphatic carbocycles. The minimum Gasteiger partial charge on any atom is -0.445 e. The van der Waals surface area contributed by atoms with Crippen molar-refractivity contribution in [2.75, 3.05) is 0 Å². The maximum Gasteiger partial charge on any atom is 1.00 e. The second-order valence-electron chi connectivity index (χ2n) is 2.62. The van der Waals surface area contributed by atoms with Gasteiger partial charge in [-0.05, 0) is 12.1 Å². The second-order valence-corrected chi connectivity index (χ2v) is 4.04. The average Bonchev–Trinajstić information content (AvgIpc) is 2.01. The van der Waals surface area contributed by atoms with Crippen LogP contribution in [0.2, 0.25) is 0 Å². The van der Waals surface area contributed by atoms with Gasteiger partial charge in [0, 0.05) is 0 Å². The van der Waals surface area contributed by atoms with Crippen molar-refractivity contribution >= 4 is 22.6 Å². The Hall–Kier alpha value is 0.621. The van der Waals surface area contributed by atoms with Gasteiger partial charge in [-0.2, -0.15) is 8.42 Å². The molecule has 1 aromatic carbocycles. The van der Waals surface area contributed by atoms with Crippen LogP contribution in [0, 0.1) is 0 Å². The van der Waals surface area contributed by atoms with Crippen LogP contribution in [-0.4, -0.2) is 19.9 Å². The van der Waals surface area contributed by atoms with Crippen molar-refractivity contribution in [2.45, 2.75) is 4.90 Å². The molecular weight excluding hydrogens is 259 g/mol. The van der Waals surface area contributed by atoms with Crippen molar-refractivity contribution in [3.63, 3.8) is 0 Å². The molecule has 3 nitrogen and oxygen atoms in total. The quantitative estimate of drug-likeness (QED) is 0.496. The van der Waals surface area contributed by atoms with Crippen molar-refractivity contribution < 1.29 is 77.3 Å². The van der Waals surface area contributed by atoms with E-state index in [0.29, 0.717) is 24.3 Å². The first-order valence-corrected chi connectivity index (χ1v) is 4.92. The molecule has 0 unspecified atom stereocenters. The van der Waals surface area contributed by atoms with E-state index in [2.05, 4.69) is 0 Å². The fraction of sp³-hybridized carbons (Fsp3) is 0. The monoisotopic (exact) mass is 264 g/mol. The summed E-state index contributed by atoms with van der Waals surface area (Å²) in [5.74, 6) is 0. The van der Waals surface area contributed by atoms with Gasteiger partial charge >= 0.3 is 58.4 Å². The molecule has 0 saturated carbocycles. The minimum atomic E-state index is -5.14. The van der Waals surface area contributed by atoms with E-state index in [1.54, 1.807) is 0 Å². The number of halogens is 3. The van der Waals surface area contributed by atoms with Crippen LogP contribution in [0.5, 0.6) is 0 Å². The van der Waals surface area contributed by atoms with E-state index >= 15 is 0 Å². The van der Waals surface area contributed by atoms with E-state index < -0.39 is 27.5 Å². The predicted octanol–water partition coefficient (Wildman–Crippen LogP) is -2.01. The smallest absolute Gasteiger partial charge is 0.445 e. The molecule has 0 fully saturated rings. The summed E-state index contributed by atoms with van der Waals surface area (Å²) in [6.45, 7) is -5.14. The molecule has 0 aliphatic rings. The van der Waals surface area contributed by atoms with Crippen LogP contribution in [-0.2, 0) is 10.1 Å². The van der Waals surface area contributed by atoms with Crippen LogP contribution >= 0.6 is 0 Å². The Bertz CT molecular complexity index is 428. The van der Waals surface area contributed by atoms with E-state index in [-0.39, 0.29) is 51.4 Å². The minimum absolute atomic E-state index is 0. The molecule has 0 radical (unpaired) electrons. The Morgan fingerprint density at radius 2 is 1.47 bits per heavy atom. The van der Waals surface area contributed by atoms with Crippen molar-refractivity contribution in [2.24, 2.45) is 0 Å². The van der Waals surface area contributed by atoms with E-state index in [1.165, 1.54) is 0 Å². The summed E-state index contributed by atoms with van der Waals surface area (Å²) in [6.07, 6.45) is 0. The van der Waals surface area contributed by atoms with Crippen molar-refractivity contribution in [3.8, 4) is 0 Å². The molecule has 0 saturated heterocycles. The molecule has 0 aliphatic heterocycles. The molecule has 9 heteroatoms. The predicted molar refractivity (Wildman–Crippen MR) is 45.0 cm³/mol. The maximum absolute atomic E-state index is 12.1. The van der Waals surface area contributed by atoms with Gasteiger partial charge in [0.05, 0.1) is 4.90 Å². The molecule has 15 heavy (non-hydrogen) atoms. The Labute approximate surface area is 127 Å². The van der Waals surface area contributed by atoms with Crippen molar-refractivity contribution in [3.05, 3.63) is 24.3 Å². The Morgan fingerprint density at radius 3 is 1.73 bits per heavy atom. The molecule has 78 valence electrons. The van der Waals surface area contributed by atoms with Crippen LogP contribution in [0.25, 0.3) is 0 Å². The first kappa shape index (κ1) is 15.6. The zero-order chi connectivity index (χ0) is 11.0. The summed E-state index contributed by atoms with van der Waals surface area (Å²) in [5.41, 5.74) is -0.905. The standard InChI is InChI=1S/C6H5BF3O3S.K/c8-7(9,10)5-1-3-6(4-2-5)14(11,12)13;/h1-4H,(H,11,12,13);/q-1;+1. The van der Waals surface area contributed by atoms with Gasteiger partial charge in [-0.1, -0.05) is 12.1 Å². The van der Waals surface area contributed by atoms with Gasteiger partial charge in [0.2, 0.25) is 0 Å². The Kier molecular flexibility index (Phi) is 5.52. The summed E-state index contributed by atoms with van der Waals surface area (Å²) >= 11 is 0. The summed E-state index contributed by atoms with van der Waals surface area (Å²) in [7, 11) is -4.43. The fourth-order valence-corrected chi connectivity index (χ4v) is 1.34. The average molecular weight is 264 g/mol. The zero-order valence-corrected chi connectivity index (χ0v) is 11.6. The Balaban J connectivity index is 0.00000196. The fourth-order valence-electron chi connectivity index (χ4n) is 0.858. The molecule has 0 aromatic heterocycles. The zero-order valence-electron chi connectivity index (χ0n) is 7.69. The second kappa shape index (κ2) is 5.30. The van der Waals surface area contributed by atoms with E-state index in [1.807, 2.05) is 0 Å². The normalized spacial score (nSPS) is 12.0. The first-order chi connectivity index (χ1) is 6.21. The van der Waals surface area contributed by atoms with Gasteiger partial charge in [-0.15, -0.1) is 5.46 Å². The number of benzene rings is 1. The molecule has 0 spiro atoms. The van der Waals surface area contributed by atoms with Gasteiger partial charge < -0.3 is 12.9 Å². The molecule has 0 amide bonds. The molecule has 0 heterocycles. The van der Waals surface area contributed by atoms with E-state index in [9.17, 15) is 21.4 Å². The molecule has 1 aromatic rings. The van der Waals surface area contributed by atoms with Gasteiger partial charge in [-0.25, -0.2) is 0 Å². The van der Waals surface area contributed by atoms with Crippen LogP contribution in [0.15, 0.2) is 29.2 Å². The van der Waals surface area contributed by atoms with Crippen molar-refractivity contribution in [1.82, 2.24) is 0 Å². The third-order valence-electron chi connectivity index (χ3n) is 1.56. The van der Waals surface area contributed by atoms with Gasteiger partial charge in [0.25, 0.3) is 10.1 Å². The molecule has 1 N–H and O–H groups in total. The topological polar surface area (TPSA) is 54.4 Å². The van der Waals surface area contributed by atoms with E-state index in [4.69, 9.17) is 4.55 Å². The molecule has 0 bridgehead atoms. The molecular formula is C6H5BF3KO3S. The summed E-state index contributed by atoms with van der Waals surface area (Å²) in [4.78, 5) is -0.554. The van der Waals surface area contributed by atoms with Crippen LogP contribution in [0.3, 0.4) is 0 Å². The molecule has 1 rings (SSSR count). The largest absolute Gasteiger partial charge is 1.00 e. The van der Waals surface area contributed by atoms with Gasteiger partial charge in [0.1, 0.15) is 0 Å². The number of hydrogen-bond donors (Lipinski definition) is 1. The van der Waals surface area contributed by atoms with E-state index in [0.717, 1.165) is 0 Å². The summed E-state index contributed by atoms with van der Waals surface area (Å²) < 4.78 is 65.6. The number of hydrogen-bond acceptors (Lipinski definition) is 2. The SMILES string of the molecule is O=S(=O)(O)c1ccc([B-](F)(F)F)cc1.[K+]. The third-order valence-corrected chi connectivity index (χ3v) is 2.42. The number of rotatable bonds is 2. The van der Waals surface area contributed by atoms with Gasteiger partial charge in [0.15, 0.2) is 0 Å². The molecule has 0 atom stereocenters. The van der Waals surface area contributed by atoms with Crippen LogP contribution in [0.4, 0.5) is 12.9 Å². The summed E-state index contributed by atoms with van der Waals surface area (Å²) in [6, 6.07) is 2.64. The Morgan fingerprint density at radius 1 is 1.07 bits per heavy atom. The van der Waals surface area contributed by atoms with Crippen LogP contribution < -0.4 is 56.8 Å². The summed E-state index contributed by atoms with van der Waals surface area (Å²) in [5, 5.41) is 0. The van der Waals surface area contributed by atoms with Crippen LogP contribution in [0.1, 0.15) is 0 Å². The van der Waals surface area contributed by atoms with Gasteiger partial charge in [-0.3, -0.25) is 4.55 Å².